The van der Waals surface area contributed by atoms with Crippen LogP contribution in [0.3, 0.4) is 0 Å². The van der Waals surface area contributed by atoms with Gasteiger partial charge in [-0.3, -0.25) is 14.4 Å². The van der Waals surface area contributed by atoms with Crippen LogP contribution >= 0.6 is 11.6 Å². The number of benzene rings is 1. The first-order chi connectivity index (χ1) is 13.7. The van der Waals surface area contributed by atoms with Crippen LogP contribution in [0.2, 0.25) is 5.02 Å². The van der Waals surface area contributed by atoms with E-state index in [1.165, 1.54) is 18.2 Å². The number of rotatable bonds is 4. The second-order valence-corrected chi connectivity index (χ2v) is 7.03. The molecule has 1 fully saturated rings. The third-order valence-electron chi connectivity index (χ3n) is 4.52. The van der Waals surface area contributed by atoms with Crippen LogP contribution in [0.25, 0.3) is 0 Å². The van der Waals surface area contributed by atoms with Gasteiger partial charge in [0.15, 0.2) is 0 Å². The molecule has 1 saturated heterocycles. The number of hydrogen-bond acceptors (Lipinski definition) is 3. The van der Waals surface area contributed by atoms with E-state index in [1.807, 2.05) is 0 Å². The third kappa shape index (κ3) is 4.79. The first-order valence-corrected chi connectivity index (χ1v) is 9.20. The van der Waals surface area contributed by atoms with Gasteiger partial charge in [0.2, 0.25) is 5.91 Å². The zero-order chi connectivity index (χ0) is 21.2. The van der Waals surface area contributed by atoms with Crippen molar-refractivity contribution in [2.75, 3.05) is 18.4 Å². The molecule has 6 nitrogen and oxygen atoms in total. The van der Waals surface area contributed by atoms with E-state index >= 15 is 0 Å². The second kappa shape index (κ2) is 8.28. The highest BCUT2D eigenvalue weighted by atomic mass is 35.5. The molecule has 29 heavy (non-hydrogen) atoms. The number of alkyl halides is 3. The van der Waals surface area contributed by atoms with Crippen LogP contribution in [0.15, 0.2) is 41.3 Å². The fourth-order valence-corrected chi connectivity index (χ4v) is 3.29. The van der Waals surface area contributed by atoms with Crippen molar-refractivity contribution in [2.24, 2.45) is 0 Å². The number of hydrogen-bond donors (Lipinski definition) is 1. The highest BCUT2D eigenvalue weighted by Crippen LogP contribution is 2.26. The number of halogens is 4. The Morgan fingerprint density at radius 2 is 1.83 bits per heavy atom. The van der Waals surface area contributed by atoms with Gasteiger partial charge in [-0.05, 0) is 43.2 Å². The van der Waals surface area contributed by atoms with Crippen molar-refractivity contribution >= 4 is 29.1 Å². The van der Waals surface area contributed by atoms with Crippen LogP contribution in [0, 0.1) is 0 Å². The van der Waals surface area contributed by atoms with Crippen LogP contribution in [-0.4, -0.2) is 34.4 Å². The lowest BCUT2D eigenvalue weighted by atomic mass is 10.1. The number of carbonyl (C=O) groups excluding carboxylic acids is 2. The van der Waals surface area contributed by atoms with Crippen molar-refractivity contribution in [3.63, 3.8) is 0 Å². The van der Waals surface area contributed by atoms with Crippen molar-refractivity contribution in [3.05, 3.63) is 63.0 Å². The van der Waals surface area contributed by atoms with Gasteiger partial charge >= 0.3 is 6.18 Å². The number of nitrogens with one attached hydrogen (secondary N) is 1. The lowest BCUT2D eigenvalue weighted by molar-refractivity contribution is -0.139. The highest BCUT2D eigenvalue weighted by Gasteiger charge is 2.34. The molecule has 1 aliphatic heterocycles. The summed E-state index contributed by atoms with van der Waals surface area (Å²) >= 11 is 5.98. The molecule has 0 aliphatic carbocycles. The molecule has 0 saturated carbocycles. The van der Waals surface area contributed by atoms with Gasteiger partial charge in [0, 0.05) is 24.3 Å². The summed E-state index contributed by atoms with van der Waals surface area (Å²) in [6, 6.07) is 6.05. The van der Waals surface area contributed by atoms with Crippen LogP contribution < -0.4 is 10.9 Å². The van der Waals surface area contributed by atoms with E-state index in [9.17, 15) is 27.6 Å². The normalized spacial score (nSPS) is 14.1. The van der Waals surface area contributed by atoms with Gasteiger partial charge in [-0.15, -0.1) is 0 Å². The van der Waals surface area contributed by atoms with Crippen molar-refractivity contribution in [1.29, 1.82) is 0 Å². The fraction of sp³-hybridized carbons (Fsp3) is 0.316. The van der Waals surface area contributed by atoms with Gasteiger partial charge in [0.1, 0.15) is 12.1 Å². The molecule has 1 N–H and O–H groups in total. The maximum atomic E-state index is 12.9. The maximum absolute atomic E-state index is 12.9. The number of aromatic nitrogens is 1. The van der Waals surface area contributed by atoms with Gasteiger partial charge < -0.3 is 14.8 Å². The molecule has 154 valence electrons. The van der Waals surface area contributed by atoms with Crippen molar-refractivity contribution in [1.82, 2.24) is 9.47 Å². The predicted molar refractivity (Wildman–Crippen MR) is 101 cm³/mol. The SMILES string of the molecule is O=C(Cn1cccc(C(F)(F)F)c1=O)Nc1ccc(Cl)cc1C(=O)N1CCCC1. The molecule has 0 bridgehead atoms. The van der Waals surface area contributed by atoms with Crippen molar-refractivity contribution in [2.45, 2.75) is 25.6 Å². The molecule has 0 unspecified atom stereocenters. The number of carbonyl (C=O) groups is 2. The Bertz CT molecular complexity index is 998. The van der Waals surface area contributed by atoms with E-state index < -0.39 is 29.8 Å². The standard InChI is InChI=1S/C19H17ClF3N3O3/c20-12-5-6-15(13(10-12)17(28)25-7-1-2-8-25)24-16(27)11-26-9-3-4-14(18(26)29)19(21,22)23/h3-6,9-10H,1-2,7-8,11H2,(H,24,27). The summed E-state index contributed by atoms with van der Waals surface area (Å²) in [7, 11) is 0. The summed E-state index contributed by atoms with van der Waals surface area (Å²) in [6.07, 6.45) is -1.96. The minimum absolute atomic E-state index is 0.177. The molecule has 2 aromatic rings. The lowest BCUT2D eigenvalue weighted by Crippen LogP contribution is -2.32. The summed E-state index contributed by atoms with van der Waals surface area (Å²) in [5, 5.41) is 2.80. The quantitative estimate of drug-likeness (QED) is 0.813. The van der Waals surface area contributed by atoms with Gasteiger partial charge in [0.25, 0.3) is 11.5 Å². The van der Waals surface area contributed by atoms with Crippen LogP contribution in [-0.2, 0) is 17.5 Å². The summed E-state index contributed by atoms with van der Waals surface area (Å²) in [5.74, 6) is -1.04. The molecule has 2 amide bonds. The molecule has 0 radical (unpaired) electrons. The zero-order valence-electron chi connectivity index (χ0n) is 15.1. The van der Waals surface area contributed by atoms with E-state index in [4.69, 9.17) is 11.6 Å². The zero-order valence-corrected chi connectivity index (χ0v) is 15.9. The monoisotopic (exact) mass is 427 g/mol. The number of anilines is 1. The molecule has 1 aromatic carbocycles. The molecule has 10 heteroatoms. The highest BCUT2D eigenvalue weighted by molar-refractivity contribution is 6.31. The smallest absolute Gasteiger partial charge is 0.339 e. The van der Waals surface area contributed by atoms with E-state index in [-0.39, 0.29) is 17.2 Å². The fourth-order valence-electron chi connectivity index (χ4n) is 3.11. The van der Waals surface area contributed by atoms with Crippen molar-refractivity contribution < 1.29 is 22.8 Å². The minimum atomic E-state index is -4.82. The lowest BCUT2D eigenvalue weighted by Gasteiger charge is -2.18. The number of likely N-dealkylation sites (tertiary alicyclic amines) is 1. The number of amides is 2. The summed E-state index contributed by atoms with van der Waals surface area (Å²) in [6.45, 7) is 0.555. The molecule has 0 atom stereocenters. The molecule has 3 rings (SSSR count). The van der Waals surface area contributed by atoms with Gasteiger partial charge in [0.05, 0.1) is 11.3 Å². The molecule has 0 spiro atoms. The summed E-state index contributed by atoms with van der Waals surface area (Å²) in [5.41, 5.74) is -2.32. The average molecular weight is 428 g/mol. The number of nitrogens with zero attached hydrogens (tertiary/aromatic N) is 2. The van der Waals surface area contributed by atoms with Crippen LogP contribution in [0.4, 0.5) is 18.9 Å². The van der Waals surface area contributed by atoms with Crippen LogP contribution in [0.1, 0.15) is 28.8 Å². The average Bonchev–Trinajstić information content (AvgIpc) is 3.18. The first-order valence-electron chi connectivity index (χ1n) is 8.82. The van der Waals surface area contributed by atoms with E-state index in [2.05, 4.69) is 5.32 Å². The molecular weight excluding hydrogens is 411 g/mol. The van der Waals surface area contributed by atoms with Gasteiger partial charge in [-0.2, -0.15) is 13.2 Å². The van der Waals surface area contributed by atoms with Gasteiger partial charge in [-0.25, -0.2) is 0 Å². The van der Waals surface area contributed by atoms with Crippen molar-refractivity contribution in [3.8, 4) is 0 Å². The van der Waals surface area contributed by atoms with E-state index in [1.54, 1.807) is 4.90 Å². The Balaban J connectivity index is 1.82. The topological polar surface area (TPSA) is 71.4 Å². The summed E-state index contributed by atoms with van der Waals surface area (Å²) < 4.78 is 39.3. The Kier molecular flexibility index (Phi) is 5.97. The van der Waals surface area contributed by atoms with E-state index in [0.29, 0.717) is 28.7 Å². The first kappa shape index (κ1) is 20.9. The Hall–Kier alpha value is -2.81. The third-order valence-corrected chi connectivity index (χ3v) is 4.75. The summed E-state index contributed by atoms with van der Waals surface area (Å²) in [4.78, 5) is 38.7. The Morgan fingerprint density at radius 3 is 2.48 bits per heavy atom. The second-order valence-electron chi connectivity index (χ2n) is 6.59. The minimum Gasteiger partial charge on any atom is -0.339 e. The van der Waals surface area contributed by atoms with Crippen LogP contribution in [0.5, 0.6) is 0 Å². The van der Waals surface area contributed by atoms with E-state index in [0.717, 1.165) is 25.1 Å². The van der Waals surface area contributed by atoms with Gasteiger partial charge in [-0.1, -0.05) is 11.6 Å². The largest absolute Gasteiger partial charge is 0.421 e. The molecule has 2 heterocycles. The molecule has 1 aromatic heterocycles. The predicted octanol–water partition coefficient (Wildman–Crippen LogP) is 3.40. The number of pyridine rings is 1. The Labute approximate surface area is 168 Å². The molecule has 1 aliphatic rings. The maximum Gasteiger partial charge on any atom is 0.421 e. The Morgan fingerprint density at radius 1 is 1.14 bits per heavy atom. The molecular formula is C19H17ClF3N3O3.